The van der Waals surface area contributed by atoms with E-state index >= 15 is 0 Å². The van der Waals surface area contributed by atoms with Gasteiger partial charge in [-0.05, 0) is 26.0 Å². The van der Waals surface area contributed by atoms with Crippen LogP contribution in [-0.4, -0.2) is 59.8 Å². The molecule has 0 unspecified atom stereocenters. The summed E-state index contributed by atoms with van der Waals surface area (Å²) < 4.78 is 5.76. The molecule has 0 N–H and O–H groups in total. The van der Waals surface area contributed by atoms with Crippen LogP contribution >= 0.6 is 23.1 Å². The van der Waals surface area contributed by atoms with Crippen molar-refractivity contribution in [3.8, 4) is 0 Å². The maximum absolute atomic E-state index is 12.8. The van der Waals surface area contributed by atoms with E-state index in [0.29, 0.717) is 12.3 Å². The van der Waals surface area contributed by atoms with Gasteiger partial charge in [-0.3, -0.25) is 9.59 Å². The summed E-state index contributed by atoms with van der Waals surface area (Å²) in [5, 5.41) is 1.65. The summed E-state index contributed by atoms with van der Waals surface area (Å²) in [5.74, 6) is -0.135. The Kier molecular flexibility index (Phi) is 7.33. The first-order chi connectivity index (χ1) is 13.6. The smallest absolute Gasteiger partial charge is 0.311 e. The molecular formula is C20H25N3O3S2. The molecule has 2 heterocycles. The van der Waals surface area contributed by atoms with Gasteiger partial charge in [-0.25, -0.2) is 4.98 Å². The van der Waals surface area contributed by atoms with E-state index in [2.05, 4.69) is 22.0 Å². The van der Waals surface area contributed by atoms with Crippen LogP contribution in [0.15, 0.2) is 40.1 Å². The lowest BCUT2D eigenvalue weighted by Gasteiger charge is -2.37. The predicted octanol–water partition coefficient (Wildman–Crippen LogP) is 3.08. The van der Waals surface area contributed by atoms with Gasteiger partial charge in [0.25, 0.3) is 0 Å². The number of para-hydroxylation sites is 1. The molecule has 1 aliphatic heterocycles. The minimum atomic E-state index is -0.273. The zero-order chi connectivity index (χ0) is 19.9. The summed E-state index contributed by atoms with van der Waals surface area (Å²) >= 11 is 2.92. The van der Waals surface area contributed by atoms with Crippen molar-refractivity contribution >= 4 is 40.7 Å². The molecule has 1 amide bonds. The number of ether oxygens (including phenoxy) is 1. The van der Waals surface area contributed by atoms with Crippen molar-refractivity contribution < 1.29 is 14.3 Å². The van der Waals surface area contributed by atoms with Crippen LogP contribution in [0.5, 0.6) is 0 Å². The number of thiazole rings is 1. The third kappa shape index (κ3) is 5.48. The zero-order valence-corrected chi connectivity index (χ0v) is 17.8. The largest absolute Gasteiger partial charge is 0.466 e. The number of carbonyl (C=O) groups excluding carboxylic acids is 2. The van der Waals surface area contributed by atoms with Gasteiger partial charge in [-0.2, -0.15) is 0 Å². The van der Waals surface area contributed by atoms with E-state index in [1.165, 1.54) is 28.8 Å². The number of nitrogens with zero attached hydrogens (tertiary/aromatic N) is 3. The van der Waals surface area contributed by atoms with Gasteiger partial charge in [-0.1, -0.05) is 30.0 Å². The second-order valence-corrected chi connectivity index (χ2v) is 8.94. The summed E-state index contributed by atoms with van der Waals surface area (Å²) in [4.78, 5) is 33.1. The highest BCUT2D eigenvalue weighted by Gasteiger charge is 2.26. The number of carbonyl (C=O) groups is 2. The van der Waals surface area contributed by atoms with Crippen molar-refractivity contribution in [1.82, 2.24) is 9.88 Å². The quantitative estimate of drug-likeness (QED) is 0.508. The summed E-state index contributed by atoms with van der Waals surface area (Å²) in [7, 11) is 0. The van der Waals surface area contributed by atoms with Crippen molar-refractivity contribution in [1.29, 1.82) is 0 Å². The van der Waals surface area contributed by atoms with E-state index < -0.39 is 0 Å². The molecule has 0 spiro atoms. The molecule has 1 aromatic heterocycles. The lowest BCUT2D eigenvalue weighted by molar-refractivity contribution is -0.142. The molecule has 1 aliphatic rings. The van der Waals surface area contributed by atoms with Crippen LogP contribution in [-0.2, 0) is 20.7 Å². The lowest BCUT2D eigenvalue weighted by Crippen LogP contribution is -2.50. The summed E-state index contributed by atoms with van der Waals surface area (Å²) in [6.07, 6.45) is 0.175. The number of amides is 1. The van der Waals surface area contributed by atoms with Gasteiger partial charge in [-0.15, -0.1) is 11.3 Å². The van der Waals surface area contributed by atoms with E-state index in [-0.39, 0.29) is 23.5 Å². The standard InChI is InChI=1S/C20H25N3O3S2/c1-3-26-18(24)13-16-14-27-20(21-16)28-15(2)19(25)23-11-9-22(10-12-23)17-7-5-4-6-8-17/h4-8,14-15H,3,9-13H2,1-2H3/t15-/m0/s1. The molecule has 1 saturated heterocycles. The van der Waals surface area contributed by atoms with Crippen molar-refractivity contribution in [2.75, 3.05) is 37.7 Å². The van der Waals surface area contributed by atoms with Gasteiger partial charge < -0.3 is 14.5 Å². The Hall–Kier alpha value is -2.06. The van der Waals surface area contributed by atoms with Crippen LogP contribution in [0.3, 0.4) is 0 Å². The van der Waals surface area contributed by atoms with Gasteiger partial charge >= 0.3 is 5.97 Å². The first kappa shape index (κ1) is 20.7. The molecule has 150 valence electrons. The van der Waals surface area contributed by atoms with Crippen molar-refractivity contribution in [2.24, 2.45) is 0 Å². The monoisotopic (exact) mass is 419 g/mol. The fourth-order valence-electron chi connectivity index (χ4n) is 3.07. The zero-order valence-electron chi connectivity index (χ0n) is 16.2. The van der Waals surface area contributed by atoms with Gasteiger partial charge in [0.05, 0.1) is 24.0 Å². The maximum atomic E-state index is 12.8. The van der Waals surface area contributed by atoms with Crippen LogP contribution in [0.4, 0.5) is 5.69 Å². The molecular weight excluding hydrogens is 394 g/mol. The molecule has 1 fully saturated rings. The number of hydrogen-bond donors (Lipinski definition) is 0. The fourth-order valence-corrected chi connectivity index (χ4v) is 5.13. The highest BCUT2D eigenvalue weighted by Crippen LogP contribution is 2.28. The topological polar surface area (TPSA) is 62.7 Å². The number of aromatic nitrogens is 1. The number of benzene rings is 1. The Morgan fingerprint density at radius 1 is 1.21 bits per heavy atom. The Balaban J connectivity index is 1.49. The molecule has 3 rings (SSSR count). The van der Waals surface area contributed by atoms with Gasteiger partial charge in [0.1, 0.15) is 0 Å². The summed E-state index contributed by atoms with van der Waals surface area (Å²) in [6, 6.07) is 10.3. The van der Waals surface area contributed by atoms with Crippen molar-refractivity contribution in [3.05, 3.63) is 41.4 Å². The second kappa shape index (κ2) is 9.93. The molecule has 0 aliphatic carbocycles. The third-order valence-corrected chi connectivity index (χ3v) is 6.61. The molecule has 0 radical (unpaired) electrons. The number of hydrogen-bond acceptors (Lipinski definition) is 7. The molecule has 0 bridgehead atoms. The number of thioether (sulfide) groups is 1. The van der Waals surface area contributed by atoms with Crippen LogP contribution in [0, 0.1) is 0 Å². The number of esters is 1. The second-order valence-electron chi connectivity index (χ2n) is 6.49. The minimum absolute atomic E-state index is 0.139. The first-order valence-electron chi connectivity index (χ1n) is 9.42. The molecule has 8 heteroatoms. The molecule has 1 atom stereocenters. The van der Waals surface area contributed by atoms with E-state index in [9.17, 15) is 9.59 Å². The van der Waals surface area contributed by atoms with Crippen LogP contribution in [0.25, 0.3) is 0 Å². The van der Waals surface area contributed by atoms with E-state index in [1.807, 2.05) is 35.4 Å². The number of anilines is 1. The Bertz CT molecular complexity index is 789. The molecule has 2 aromatic rings. The van der Waals surface area contributed by atoms with Gasteiger partial charge in [0.2, 0.25) is 5.91 Å². The van der Waals surface area contributed by atoms with Gasteiger partial charge in [0.15, 0.2) is 4.34 Å². The average molecular weight is 420 g/mol. The molecule has 0 saturated carbocycles. The molecule has 6 nitrogen and oxygen atoms in total. The lowest BCUT2D eigenvalue weighted by atomic mass is 10.2. The van der Waals surface area contributed by atoms with Crippen LogP contribution in [0.1, 0.15) is 19.5 Å². The van der Waals surface area contributed by atoms with Gasteiger partial charge in [0, 0.05) is 37.2 Å². The Labute approximate surface area is 173 Å². The summed E-state index contributed by atoms with van der Waals surface area (Å²) in [5.41, 5.74) is 1.90. The van der Waals surface area contributed by atoms with E-state index in [1.54, 1.807) is 6.92 Å². The van der Waals surface area contributed by atoms with Crippen LogP contribution in [0.2, 0.25) is 0 Å². The Morgan fingerprint density at radius 2 is 1.93 bits per heavy atom. The highest BCUT2D eigenvalue weighted by molar-refractivity contribution is 8.02. The summed E-state index contributed by atoms with van der Waals surface area (Å²) in [6.45, 7) is 7.21. The normalized spacial score (nSPS) is 15.4. The fraction of sp³-hybridized carbons (Fsp3) is 0.450. The number of rotatable bonds is 7. The van der Waals surface area contributed by atoms with E-state index in [4.69, 9.17) is 4.74 Å². The number of piperazine rings is 1. The van der Waals surface area contributed by atoms with E-state index in [0.717, 1.165) is 30.5 Å². The minimum Gasteiger partial charge on any atom is -0.466 e. The first-order valence-corrected chi connectivity index (χ1v) is 11.2. The molecule has 1 aromatic carbocycles. The average Bonchev–Trinajstić information content (AvgIpc) is 3.15. The highest BCUT2D eigenvalue weighted by atomic mass is 32.2. The third-order valence-electron chi connectivity index (χ3n) is 4.50. The maximum Gasteiger partial charge on any atom is 0.311 e. The predicted molar refractivity (Wildman–Crippen MR) is 113 cm³/mol. The van der Waals surface area contributed by atoms with Crippen LogP contribution < -0.4 is 4.90 Å². The Morgan fingerprint density at radius 3 is 2.61 bits per heavy atom. The molecule has 28 heavy (non-hydrogen) atoms. The van der Waals surface area contributed by atoms with Crippen molar-refractivity contribution in [3.63, 3.8) is 0 Å². The van der Waals surface area contributed by atoms with Crippen molar-refractivity contribution in [2.45, 2.75) is 29.9 Å². The SMILES string of the molecule is CCOC(=O)Cc1csc(S[C@@H](C)C(=O)N2CCN(c3ccccc3)CC2)n1.